The summed E-state index contributed by atoms with van der Waals surface area (Å²) in [5.74, 6) is 0. The van der Waals surface area contributed by atoms with Gasteiger partial charge in [-0.15, -0.1) is 12.4 Å². The van der Waals surface area contributed by atoms with Crippen molar-refractivity contribution in [2.45, 2.75) is 71.1 Å². The smallest absolute Gasteiger partial charge is 0.0907 e. The minimum absolute atomic E-state index is 0. The van der Waals surface area contributed by atoms with Crippen molar-refractivity contribution in [3.63, 3.8) is 0 Å². The fourth-order valence-electron chi connectivity index (χ4n) is 2.37. The third kappa shape index (κ3) is 11.1. The van der Waals surface area contributed by atoms with E-state index in [2.05, 4.69) is 22.9 Å². The van der Waals surface area contributed by atoms with Crippen LogP contribution in [0, 0.1) is 0 Å². The molecule has 0 bridgehead atoms. The van der Waals surface area contributed by atoms with Crippen LogP contribution < -0.4 is 0 Å². The van der Waals surface area contributed by atoms with Crippen LogP contribution in [0.25, 0.3) is 0 Å². The summed E-state index contributed by atoms with van der Waals surface area (Å²) < 4.78 is 0. The van der Waals surface area contributed by atoms with E-state index in [-0.39, 0.29) is 12.4 Å². The molecule has 0 saturated carbocycles. The first kappa shape index (κ1) is 18.5. The van der Waals surface area contributed by atoms with Gasteiger partial charge in [0, 0.05) is 19.3 Å². The van der Waals surface area contributed by atoms with E-state index in [0.29, 0.717) is 0 Å². The van der Waals surface area contributed by atoms with E-state index in [9.17, 15) is 0 Å². The highest BCUT2D eigenvalue weighted by Crippen LogP contribution is 2.10. The van der Waals surface area contributed by atoms with Crippen molar-refractivity contribution >= 4 is 18.7 Å². The normalized spacial score (nSPS) is 13.6. The Kier molecular flexibility index (Phi) is 13.6. The van der Waals surface area contributed by atoms with Crippen LogP contribution in [-0.2, 0) is 0 Å². The molecule has 1 aliphatic heterocycles. The molecule has 112 valence electrons. The first-order chi connectivity index (χ1) is 8.93. The molecule has 0 aromatic rings. The Morgan fingerprint density at radius 3 is 2.00 bits per heavy atom. The highest BCUT2D eigenvalue weighted by Gasteiger charge is 1.99. The van der Waals surface area contributed by atoms with Crippen LogP contribution in [0.4, 0.5) is 0 Å². The molecule has 1 rings (SSSR count). The van der Waals surface area contributed by atoms with Gasteiger partial charge >= 0.3 is 0 Å². The topological polar surface area (TPSA) is 15.6 Å². The van der Waals surface area contributed by atoms with Crippen LogP contribution in [-0.4, -0.2) is 24.3 Å². The van der Waals surface area contributed by atoms with Crippen molar-refractivity contribution in [1.82, 2.24) is 4.90 Å². The molecule has 0 aliphatic carbocycles. The fourth-order valence-corrected chi connectivity index (χ4v) is 2.37. The molecule has 0 aromatic heterocycles. The van der Waals surface area contributed by atoms with Crippen LogP contribution in [0.1, 0.15) is 71.1 Å². The number of unbranched alkanes of at least 4 members (excludes halogenated alkanes) is 9. The summed E-state index contributed by atoms with van der Waals surface area (Å²) in [6, 6.07) is 0. The molecule has 0 saturated heterocycles. The predicted octanol–water partition coefficient (Wildman–Crippen LogP) is 5.19. The van der Waals surface area contributed by atoms with Crippen molar-refractivity contribution in [2.75, 3.05) is 13.1 Å². The Morgan fingerprint density at radius 2 is 1.47 bits per heavy atom. The highest BCUT2D eigenvalue weighted by atomic mass is 35.5. The largest absolute Gasteiger partial charge is 0.359 e. The van der Waals surface area contributed by atoms with E-state index in [4.69, 9.17) is 0 Å². The number of rotatable bonds is 11. The zero-order valence-corrected chi connectivity index (χ0v) is 13.3. The zero-order chi connectivity index (χ0) is 12.9. The summed E-state index contributed by atoms with van der Waals surface area (Å²) in [4.78, 5) is 6.44. The van der Waals surface area contributed by atoms with Crippen molar-refractivity contribution in [2.24, 2.45) is 4.99 Å². The Hall–Kier alpha value is -0.500. The molecule has 0 N–H and O–H groups in total. The average Bonchev–Trinajstić information content (AvgIpc) is 2.42. The second kappa shape index (κ2) is 13.9. The first-order valence-electron chi connectivity index (χ1n) is 7.86. The predicted molar refractivity (Wildman–Crippen MR) is 88.3 cm³/mol. The van der Waals surface area contributed by atoms with E-state index in [1.807, 2.05) is 12.5 Å². The fraction of sp³-hybridized carbons (Fsp3) is 0.812. The lowest BCUT2D eigenvalue weighted by molar-refractivity contribution is 0.439. The van der Waals surface area contributed by atoms with E-state index >= 15 is 0 Å². The summed E-state index contributed by atoms with van der Waals surface area (Å²) in [7, 11) is 0. The van der Waals surface area contributed by atoms with Gasteiger partial charge in [-0.25, -0.2) is 4.99 Å². The maximum atomic E-state index is 4.14. The second-order valence-corrected chi connectivity index (χ2v) is 5.33. The molecule has 0 aromatic carbocycles. The van der Waals surface area contributed by atoms with E-state index in [1.165, 1.54) is 70.8 Å². The first-order valence-corrected chi connectivity index (χ1v) is 7.86. The van der Waals surface area contributed by atoms with Crippen molar-refractivity contribution in [3.05, 3.63) is 12.3 Å². The van der Waals surface area contributed by atoms with Gasteiger partial charge in [-0.05, 0) is 12.5 Å². The maximum absolute atomic E-state index is 4.14. The van der Waals surface area contributed by atoms with Crippen LogP contribution in [0.3, 0.4) is 0 Å². The van der Waals surface area contributed by atoms with Gasteiger partial charge in [-0.3, -0.25) is 0 Å². The summed E-state index contributed by atoms with van der Waals surface area (Å²) in [5, 5.41) is 0. The van der Waals surface area contributed by atoms with Gasteiger partial charge in [0.25, 0.3) is 0 Å². The van der Waals surface area contributed by atoms with E-state index in [0.717, 1.165) is 6.54 Å². The Morgan fingerprint density at radius 1 is 0.895 bits per heavy atom. The number of hydrogen-bond acceptors (Lipinski definition) is 2. The van der Waals surface area contributed by atoms with Crippen molar-refractivity contribution in [1.29, 1.82) is 0 Å². The van der Waals surface area contributed by atoms with Crippen LogP contribution in [0.2, 0.25) is 0 Å². The second-order valence-electron chi connectivity index (χ2n) is 5.33. The summed E-state index contributed by atoms with van der Waals surface area (Å²) in [6.45, 7) is 4.49. The lowest BCUT2D eigenvalue weighted by Gasteiger charge is -2.18. The molecule has 0 amide bonds. The Labute approximate surface area is 125 Å². The number of halogens is 1. The number of nitrogens with zero attached hydrogens (tertiary/aromatic N) is 2. The summed E-state index contributed by atoms with van der Waals surface area (Å²) >= 11 is 0. The molecule has 0 fully saturated rings. The van der Waals surface area contributed by atoms with Gasteiger partial charge in [0.1, 0.15) is 0 Å². The van der Waals surface area contributed by atoms with Crippen molar-refractivity contribution in [3.8, 4) is 0 Å². The molecule has 2 nitrogen and oxygen atoms in total. The van der Waals surface area contributed by atoms with Crippen LogP contribution >= 0.6 is 12.4 Å². The molecule has 0 spiro atoms. The number of aliphatic imine (C=N–C) groups is 1. The SMILES string of the molecule is CCCCCCCCCCCCN1C=NC=CC1.Cl. The summed E-state index contributed by atoms with van der Waals surface area (Å²) in [6.07, 6.45) is 20.1. The molecule has 0 radical (unpaired) electrons. The van der Waals surface area contributed by atoms with Gasteiger partial charge in [-0.1, -0.05) is 64.7 Å². The van der Waals surface area contributed by atoms with E-state index < -0.39 is 0 Å². The zero-order valence-electron chi connectivity index (χ0n) is 12.5. The van der Waals surface area contributed by atoms with Crippen LogP contribution in [0.5, 0.6) is 0 Å². The maximum Gasteiger partial charge on any atom is 0.0907 e. The van der Waals surface area contributed by atoms with Gasteiger partial charge in [-0.2, -0.15) is 0 Å². The lowest BCUT2D eigenvalue weighted by Crippen LogP contribution is -2.24. The standard InChI is InChI=1S/C16H30N2.ClH/c1-2-3-4-5-6-7-8-9-10-11-14-18-15-12-13-17-16-18;/h12-13,16H,2-11,14-15H2,1H3;1H. The van der Waals surface area contributed by atoms with Gasteiger partial charge in [0.2, 0.25) is 0 Å². The lowest BCUT2D eigenvalue weighted by atomic mass is 10.1. The molecule has 1 aliphatic rings. The Bertz CT molecular complexity index is 239. The average molecular weight is 287 g/mol. The summed E-state index contributed by atoms with van der Waals surface area (Å²) in [5.41, 5.74) is 0. The van der Waals surface area contributed by atoms with Crippen LogP contribution in [0.15, 0.2) is 17.3 Å². The number of hydrogen-bond donors (Lipinski definition) is 0. The molecule has 0 unspecified atom stereocenters. The van der Waals surface area contributed by atoms with E-state index in [1.54, 1.807) is 0 Å². The minimum Gasteiger partial charge on any atom is -0.359 e. The molecular formula is C16H31ClN2. The van der Waals surface area contributed by atoms with Gasteiger partial charge < -0.3 is 4.90 Å². The Balaban J connectivity index is 0.00000324. The highest BCUT2D eigenvalue weighted by molar-refractivity contribution is 5.85. The van der Waals surface area contributed by atoms with Gasteiger partial charge in [0.15, 0.2) is 0 Å². The third-order valence-electron chi connectivity index (χ3n) is 3.56. The van der Waals surface area contributed by atoms with Crippen molar-refractivity contribution < 1.29 is 0 Å². The minimum atomic E-state index is 0. The third-order valence-corrected chi connectivity index (χ3v) is 3.56. The molecule has 1 heterocycles. The molecule has 0 atom stereocenters. The quantitative estimate of drug-likeness (QED) is 0.477. The molecule has 19 heavy (non-hydrogen) atoms. The van der Waals surface area contributed by atoms with Gasteiger partial charge in [0.05, 0.1) is 6.34 Å². The monoisotopic (exact) mass is 286 g/mol. The molecule has 3 heteroatoms. The molecular weight excluding hydrogens is 256 g/mol.